The van der Waals surface area contributed by atoms with Gasteiger partial charge in [-0.05, 0) is 32.2 Å². The Bertz CT molecular complexity index is 310. The average molecular weight is 207 g/mol. The van der Waals surface area contributed by atoms with Crippen LogP contribution in [-0.4, -0.2) is 16.1 Å². The number of nitrogens with one attached hydrogen (secondary N) is 1. The molecule has 1 unspecified atom stereocenters. The molecule has 1 saturated heterocycles. The largest absolute Gasteiger partial charge is 0.333 e. The van der Waals surface area contributed by atoms with Crippen molar-refractivity contribution in [1.82, 2.24) is 14.9 Å². The van der Waals surface area contributed by atoms with Gasteiger partial charge >= 0.3 is 0 Å². The molecular weight excluding hydrogens is 186 g/mol. The van der Waals surface area contributed by atoms with E-state index < -0.39 is 0 Å². The Morgan fingerprint density at radius 1 is 1.53 bits per heavy atom. The van der Waals surface area contributed by atoms with E-state index in [1.54, 1.807) is 0 Å². The van der Waals surface area contributed by atoms with Crippen molar-refractivity contribution in [2.45, 2.75) is 51.6 Å². The van der Waals surface area contributed by atoms with E-state index in [2.05, 4.69) is 34.9 Å². The van der Waals surface area contributed by atoms with Gasteiger partial charge in [-0.1, -0.05) is 13.8 Å². The molecule has 3 nitrogen and oxygen atoms in total. The van der Waals surface area contributed by atoms with E-state index in [9.17, 15) is 0 Å². The highest BCUT2D eigenvalue weighted by molar-refractivity contribution is 5.11. The molecule has 0 aromatic carbocycles. The van der Waals surface area contributed by atoms with Gasteiger partial charge in [0.05, 0.1) is 5.54 Å². The lowest BCUT2D eigenvalue weighted by molar-refractivity contribution is 0.336. The fourth-order valence-corrected chi connectivity index (χ4v) is 2.61. The van der Waals surface area contributed by atoms with Gasteiger partial charge < -0.3 is 9.88 Å². The van der Waals surface area contributed by atoms with Gasteiger partial charge in [0.25, 0.3) is 0 Å². The maximum Gasteiger partial charge on any atom is 0.129 e. The molecule has 1 fully saturated rings. The number of rotatable bonds is 4. The number of hydrogen-bond donors (Lipinski definition) is 1. The third kappa shape index (κ3) is 1.81. The molecule has 0 radical (unpaired) electrons. The summed E-state index contributed by atoms with van der Waals surface area (Å²) in [5.41, 5.74) is 0.151. The van der Waals surface area contributed by atoms with Crippen molar-refractivity contribution in [2.75, 3.05) is 6.54 Å². The molecule has 0 saturated carbocycles. The summed E-state index contributed by atoms with van der Waals surface area (Å²) in [5, 5.41) is 3.64. The van der Waals surface area contributed by atoms with Crippen LogP contribution in [-0.2, 0) is 12.1 Å². The number of aromatic nitrogens is 2. The van der Waals surface area contributed by atoms with E-state index in [1.165, 1.54) is 25.1 Å². The number of hydrogen-bond acceptors (Lipinski definition) is 2. The average Bonchev–Trinajstić information content (AvgIpc) is 2.86. The van der Waals surface area contributed by atoms with Gasteiger partial charge in [-0.2, -0.15) is 0 Å². The Hall–Kier alpha value is -0.830. The SMILES string of the molecule is CCCn1ccnc1C1(CC)CCCN1. The van der Waals surface area contributed by atoms with Crippen LogP contribution in [0.1, 0.15) is 45.4 Å². The molecule has 1 aliphatic heterocycles. The van der Waals surface area contributed by atoms with Gasteiger partial charge in [0.1, 0.15) is 5.82 Å². The molecule has 1 N–H and O–H groups in total. The zero-order valence-corrected chi connectivity index (χ0v) is 9.79. The van der Waals surface area contributed by atoms with Crippen molar-refractivity contribution in [2.24, 2.45) is 0 Å². The fraction of sp³-hybridized carbons (Fsp3) is 0.750. The molecule has 1 atom stereocenters. The monoisotopic (exact) mass is 207 g/mol. The highest BCUT2D eigenvalue weighted by Crippen LogP contribution is 2.32. The second kappa shape index (κ2) is 4.35. The minimum absolute atomic E-state index is 0.151. The Balaban J connectivity index is 2.29. The number of imidazole rings is 1. The highest BCUT2D eigenvalue weighted by Gasteiger charge is 2.36. The first kappa shape index (κ1) is 10.7. The van der Waals surface area contributed by atoms with Crippen molar-refractivity contribution in [3.63, 3.8) is 0 Å². The summed E-state index contributed by atoms with van der Waals surface area (Å²) in [7, 11) is 0. The topological polar surface area (TPSA) is 29.9 Å². The van der Waals surface area contributed by atoms with Gasteiger partial charge in [0.2, 0.25) is 0 Å². The first-order chi connectivity index (χ1) is 7.32. The highest BCUT2D eigenvalue weighted by atomic mass is 15.1. The molecule has 2 rings (SSSR count). The minimum Gasteiger partial charge on any atom is -0.333 e. The third-order valence-electron chi connectivity index (χ3n) is 3.46. The second-order valence-corrected chi connectivity index (χ2v) is 4.41. The van der Waals surface area contributed by atoms with Crippen molar-refractivity contribution in [3.05, 3.63) is 18.2 Å². The quantitative estimate of drug-likeness (QED) is 0.821. The van der Waals surface area contributed by atoms with Crippen LogP contribution in [0.2, 0.25) is 0 Å². The molecule has 1 aliphatic rings. The molecule has 3 heteroatoms. The van der Waals surface area contributed by atoms with Crippen LogP contribution in [0, 0.1) is 0 Å². The van der Waals surface area contributed by atoms with Crippen LogP contribution in [0.4, 0.5) is 0 Å². The van der Waals surface area contributed by atoms with Gasteiger partial charge in [-0.25, -0.2) is 4.98 Å². The van der Waals surface area contributed by atoms with E-state index in [0.717, 1.165) is 19.5 Å². The van der Waals surface area contributed by atoms with Crippen LogP contribution in [0.15, 0.2) is 12.4 Å². The van der Waals surface area contributed by atoms with Crippen molar-refractivity contribution < 1.29 is 0 Å². The molecule has 1 aromatic heterocycles. The van der Waals surface area contributed by atoms with E-state index >= 15 is 0 Å². The zero-order chi connectivity index (χ0) is 10.7. The van der Waals surface area contributed by atoms with Crippen molar-refractivity contribution in [1.29, 1.82) is 0 Å². The lowest BCUT2D eigenvalue weighted by Crippen LogP contribution is -2.38. The van der Waals surface area contributed by atoms with Crippen LogP contribution in [0.5, 0.6) is 0 Å². The standard InChI is InChI=1S/C12H21N3/c1-3-9-15-10-8-13-11(15)12(4-2)6-5-7-14-12/h8,10,14H,3-7,9H2,1-2H3. The lowest BCUT2D eigenvalue weighted by atomic mass is 9.93. The second-order valence-electron chi connectivity index (χ2n) is 4.41. The summed E-state index contributed by atoms with van der Waals surface area (Å²) in [4.78, 5) is 4.56. The Morgan fingerprint density at radius 3 is 3.00 bits per heavy atom. The Labute approximate surface area is 91.9 Å². The molecule has 0 bridgehead atoms. The van der Waals surface area contributed by atoms with E-state index in [0.29, 0.717) is 0 Å². The zero-order valence-electron chi connectivity index (χ0n) is 9.79. The predicted molar refractivity (Wildman–Crippen MR) is 61.7 cm³/mol. The third-order valence-corrected chi connectivity index (χ3v) is 3.46. The fourth-order valence-electron chi connectivity index (χ4n) is 2.61. The molecule has 0 amide bonds. The van der Waals surface area contributed by atoms with Crippen molar-refractivity contribution in [3.8, 4) is 0 Å². The summed E-state index contributed by atoms with van der Waals surface area (Å²) in [5.74, 6) is 1.24. The minimum atomic E-state index is 0.151. The Kier molecular flexibility index (Phi) is 3.10. The maximum atomic E-state index is 4.56. The first-order valence-electron chi connectivity index (χ1n) is 6.09. The van der Waals surface area contributed by atoms with Crippen LogP contribution in [0.25, 0.3) is 0 Å². The molecule has 0 aliphatic carbocycles. The lowest BCUT2D eigenvalue weighted by Gasteiger charge is -2.28. The maximum absolute atomic E-state index is 4.56. The van der Waals surface area contributed by atoms with E-state index in [-0.39, 0.29) is 5.54 Å². The van der Waals surface area contributed by atoms with E-state index in [1.807, 2.05) is 6.20 Å². The number of nitrogens with zero attached hydrogens (tertiary/aromatic N) is 2. The normalized spacial score (nSPS) is 26.0. The predicted octanol–water partition coefficient (Wildman–Crippen LogP) is 2.28. The van der Waals surface area contributed by atoms with Gasteiger partial charge in [0, 0.05) is 18.9 Å². The molecule has 15 heavy (non-hydrogen) atoms. The molecule has 2 heterocycles. The summed E-state index contributed by atoms with van der Waals surface area (Å²) >= 11 is 0. The van der Waals surface area contributed by atoms with Crippen LogP contribution >= 0.6 is 0 Å². The summed E-state index contributed by atoms with van der Waals surface area (Å²) in [6.07, 6.45) is 8.84. The first-order valence-corrected chi connectivity index (χ1v) is 6.09. The van der Waals surface area contributed by atoms with Gasteiger partial charge in [-0.15, -0.1) is 0 Å². The Morgan fingerprint density at radius 2 is 2.40 bits per heavy atom. The summed E-state index contributed by atoms with van der Waals surface area (Å²) in [6.45, 7) is 6.68. The van der Waals surface area contributed by atoms with Crippen LogP contribution in [0.3, 0.4) is 0 Å². The smallest absolute Gasteiger partial charge is 0.129 e. The van der Waals surface area contributed by atoms with Crippen molar-refractivity contribution >= 4 is 0 Å². The summed E-state index contributed by atoms with van der Waals surface area (Å²) in [6, 6.07) is 0. The van der Waals surface area contributed by atoms with E-state index in [4.69, 9.17) is 0 Å². The van der Waals surface area contributed by atoms with Crippen LogP contribution < -0.4 is 5.32 Å². The van der Waals surface area contributed by atoms with Gasteiger partial charge in [0.15, 0.2) is 0 Å². The molecule has 0 spiro atoms. The molecule has 1 aromatic rings. The summed E-state index contributed by atoms with van der Waals surface area (Å²) < 4.78 is 2.31. The molecule has 84 valence electrons. The molecular formula is C12H21N3. The van der Waals surface area contributed by atoms with Gasteiger partial charge in [-0.3, -0.25) is 0 Å². The number of aryl methyl sites for hydroxylation is 1.